The Balaban J connectivity index is 2.10. The number of carboxylic acids is 1. The number of aromatic nitrogens is 4. The van der Waals surface area contributed by atoms with E-state index < -0.39 is 31.4 Å². The van der Waals surface area contributed by atoms with E-state index >= 15 is 0 Å². The average Bonchev–Trinajstić information content (AvgIpc) is 3.02. The van der Waals surface area contributed by atoms with Crippen LogP contribution in [0.15, 0.2) is 17.8 Å². The van der Waals surface area contributed by atoms with Gasteiger partial charge in [0.05, 0.1) is 0 Å². The number of fused-ring (bicyclic) bond motifs is 1. The molecule has 2 atom stereocenters. The number of carboxylic acid groups (broad SMARTS) is 1. The maximum atomic E-state index is 13.3. The molecule has 159 valence electrons. The number of anilines is 1. The summed E-state index contributed by atoms with van der Waals surface area (Å²) in [6.07, 6.45) is 2.33. The van der Waals surface area contributed by atoms with E-state index in [1.165, 1.54) is 20.2 Å². The third kappa shape index (κ3) is 6.26. The zero-order valence-electron chi connectivity index (χ0n) is 16.9. The first-order valence-electron chi connectivity index (χ1n) is 8.73. The molecule has 2 aromatic heterocycles. The Morgan fingerprint density at radius 1 is 1.41 bits per heavy atom. The molecule has 0 aliphatic carbocycles. The number of aliphatic carboxylic acids is 1. The minimum absolute atomic E-state index is 0.231. The summed E-state index contributed by atoms with van der Waals surface area (Å²) in [6.45, 7) is 8.63. The van der Waals surface area contributed by atoms with Crippen molar-refractivity contribution in [2.75, 3.05) is 12.1 Å². The second-order valence-corrected chi connectivity index (χ2v) is 16.5. The first kappa shape index (κ1) is 23.3. The van der Waals surface area contributed by atoms with E-state index in [2.05, 4.69) is 20.1 Å². The second kappa shape index (κ2) is 9.24. The number of oxime groups is 1. The van der Waals surface area contributed by atoms with Crippen molar-refractivity contribution in [1.29, 1.82) is 0 Å². The van der Waals surface area contributed by atoms with Crippen LogP contribution in [0.25, 0.3) is 11.2 Å². The van der Waals surface area contributed by atoms with Gasteiger partial charge >= 0.3 is 175 Å². The van der Waals surface area contributed by atoms with Crippen molar-refractivity contribution < 1.29 is 23.8 Å². The predicted molar refractivity (Wildman–Crippen MR) is 110 cm³/mol. The standard InChI is InChI=1S/C16H25AsN6O5P/c1-10(2)22-28-29(26,17-16(4,5)15(24)25)9-27-11(3)6-23-8-21-12-13(18)19-7-20-14(12)23/h7-8,11H,6,9H2,1-5H3,(H,24,25)(H2,18,19,20)/t11-,29-/m1/s1. The molecular weight excluding hydrogens is 462 g/mol. The average molecular weight is 487 g/mol. The van der Waals surface area contributed by atoms with Crippen molar-refractivity contribution in [2.45, 2.75) is 51.5 Å². The zero-order chi connectivity index (χ0) is 21.8. The summed E-state index contributed by atoms with van der Waals surface area (Å²) in [5.74, 6) is -4.16. The van der Waals surface area contributed by atoms with Crippen molar-refractivity contribution in [2.24, 2.45) is 5.16 Å². The number of hydrogen-bond donors (Lipinski definition) is 2. The van der Waals surface area contributed by atoms with E-state index in [-0.39, 0.29) is 18.3 Å². The van der Waals surface area contributed by atoms with Crippen molar-refractivity contribution in [1.82, 2.24) is 19.5 Å². The van der Waals surface area contributed by atoms with Gasteiger partial charge in [0, 0.05) is 0 Å². The van der Waals surface area contributed by atoms with E-state index in [0.29, 0.717) is 23.4 Å². The maximum absolute atomic E-state index is 13.3. The summed E-state index contributed by atoms with van der Waals surface area (Å²) in [5.41, 5.74) is 7.43. The molecule has 0 bridgehead atoms. The number of nitrogen functional groups attached to an aromatic ring is 1. The molecule has 0 fully saturated rings. The van der Waals surface area contributed by atoms with Crippen LogP contribution >= 0.6 is 5.93 Å². The van der Waals surface area contributed by atoms with E-state index in [1.54, 1.807) is 31.7 Å². The summed E-state index contributed by atoms with van der Waals surface area (Å²) >= 11 is -1.24. The molecule has 29 heavy (non-hydrogen) atoms. The Morgan fingerprint density at radius 3 is 2.72 bits per heavy atom. The Bertz CT molecular complexity index is 958. The van der Waals surface area contributed by atoms with Gasteiger partial charge in [-0.1, -0.05) is 0 Å². The zero-order valence-corrected chi connectivity index (χ0v) is 19.7. The molecule has 0 saturated heterocycles. The Labute approximate surface area is 174 Å². The van der Waals surface area contributed by atoms with Crippen LogP contribution in [0.2, 0.25) is 4.20 Å². The molecule has 2 rings (SSSR count). The fraction of sp³-hybridized carbons (Fsp3) is 0.562. The fourth-order valence-corrected chi connectivity index (χ4v) is 10.5. The molecule has 3 N–H and O–H groups in total. The number of imidazole rings is 1. The summed E-state index contributed by atoms with van der Waals surface area (Å²) in [7, 11) is 0. The van der Waals surface area contributed by atoms with Crippen molar-refractivity contribution in [3.63, 3.8) is 0 Å². The molecular formula is C16H25AsN6O5P. The number of carbonyl (C=O) groups is 1. The molecule has 0 aromatic carbocycles. The normalized spacial score (nSPS) is 15.3. The summed E-state index contributed by atoms with van der Waals surface area (Å²) in [4.78, 5) is 23.7. The van der Waals surface area contributed by atoms with Gasteiger partial charge < -0.3 is 0 Å². The first-order valence-corrected chi connectivity index (χ1v) is 13.9. The molecule has 2 heterocycles. The van der Waals surface area contributed by atoms with E-state index in [4.69, 9.17) is 15.1 Å². The van der Waals surface area contributed by atoms with Crippen LogP contribution in [0.1, 0.15) is 34.6 Å². The summed E-state index contributed by atoms with van der Waals surface area (Å²) < 4.78 is 24.9. The van der Waals surface area contributed by atoms with Gasteiger partial charge in [-0.2, -0.15) is 0 Å². The number of nitrogens with zero attached hydrogens (tertiary/aromatic N) is 5. The van der Waals surface area contributed by atoms with Crippen LogP contribution in [0, 0.1) is 0 Å². The molecule has 1 radical (unpaired) electrons. The van der Waals surface area contributed by atoms with Gasteiger partial charge in [0.25, 0.3) is 0 Å². The SMILES string of the molecule is CC(C)=NO[P@](=O)(CO[C@H](C)Cn1cnc2c(N)ncnc21)[As]C(C)(C)C(=O)O. The van der Waals surface area contributed by atoms with Crippen molar-refractivity contribution in [3.05, 3.63) is 12.7 Å². The molecule has 0 saturated carbocycles. The molecule has 0 unspecified atom stereocenters. The first-order chi connectivity index (χ1) is 13.4. The summed E-state index contributed by atoms with van der Waals surface area (Å²) in [5, 5.41) is 13.2. The van der Waals surface area contributed by atoms with E-state index in [0.717, 1.165) is 0 Å². The van der Waals surface area contributed by atoms with Crippen molar-refractivity contribution >= 4 is 49.9 Å². The monoisotopic (exact) mass is 487 g/mol. The number of ether oxygens (including phenoxy) is 1. The molecule has 0 aliphatic heterocycles. The van der Waals surface area contributed by atoms with Gasteiger partial charge in [-0.05, 0) is 0 Å². The third-order valence-electron chi connectivity index (χ3n) is 3.68. The van der Waals surface area contributed by atoms with Gasteiger partial charge in [0.2, 0.25) is 0 Å². The Kier molecular flexibility index (Phi) is 7.43. The van der Waals surface area contributed by atoms with Crippen LogP contribution in [-0.4, -0.2) is 64.1 Å². The quantitative estimate of drug-likeness (QED) is 0.222. The Morgan fingerprint density at radius 2 is 2.10 bits per heavy atom. The van der Waals surface area contributed by atoms with Crippen LogP contribution in [0.5, 0.6) is 0 Å². The number of rotatable bonds is 10. The summed E-state index contributed by atoms with van der Waals surface area (Å²) in [6, 6.07) is 0. The van der Waals surface area contributed by atoms with Crippen molar-refractivity contribution in [3.8, 4) is 0 Å². The third-order valence-corrected chi connectivity index (χ3v) is 12.0. The molecule has 0 spiro atoms. The van der Waals surface area contributed by atoms with E-state index in [9.17, 15) is 14.5 Å². The topological polar surface area (TPSA) is 155 Å². The van der Waals surface area contributed by atoms with Gasteiger partial charge in [-0.15, -0.1) is 0 Å². The van der Waals surface area contributed by atoms with Gasteiger partial charge in [0.1, 0.15) is 0 Å². The van der Waals surface area contributed by atoms with Crippen LogP contribution in [0.3, 0.4) is 0 Å². The fourth-order valence-electron chi connectivity index (χ4n) is 2.22. The molecule has 0 aliphatic rings. The molecule has 13 heteroatoms. The Hall–Kier alpha value is -1.96. The molecule has 2 aromatic rings. The van der Waals surface area contributed by atoms with Gasteiger partial charge in [0.15, 0.2) is 0 Å². The van der Waals surface area contributed by atoms with Gasteiger partial charge in [-0.3, -0.25) is 0 Å². The molecule has 0 amide bonds. The number of hydrogen-bond acceptors (Lipinski definition) is 9. The van der Waals surface area contributed by atoms with Gasteiger partial charge in [-0.25, -0.2) is 0 Å². The minimum atomic E-state index is -3.42. The van der Waals surface area contributed by atoms with Crippen LogP contribution < -0.4 is 5.73 Å². The second-order valence-electron chi connectivity index (χ2n) is 7.16. The number of nitrogens with two attached hydrogens (primary N) is 1. The molecule has 11 nitrogen and oxygen atoms in total. The van der Waals surface area contributed by atoms with Crippen LogP contribution in [0.4, 0.5) is 5.82 Å². The van der Waals surface area contributed by atoms with Crippen LogP contribution in [-0.2, 0) is 25.3 Å². The predicted octanol–water partition coefficient (Wildman–Crippen LogP) is 2.36. The van der Waals surface area contributed by atoms with E-state index in [1.807, 2.05) is 0 Å².